The molecule has 1 heterocycles. The van der Waals surface area contributed by atoms with Crippen LogP contribution in [0.3, 0.4) is 0 Å². The van der Waals surface area contributed by atoms with E-state index in [2.05, 4.69) is 15.6 Å². The molecule has 9 heteroatoms. The highest BCUT2D eigenvalue weighted by atomic mass is 35.5. The van der Waals surface area contributed by atoms with Crippen LogP contribution in [-0.2, 0) is 4.79 Å². The third kappa shape index (κ3) is 5.86. The van der Waals surface area contributed by atoms with Gasteiger partial charge in [-0.15, -0.1) is 0 Å². The van der Waals surface area contributed by atoms with Gasteiger partial charge in [0, 0.05) is 11.6 Å². The van der Waals surface area contributed by atoms with Crippen LogP contribution in [0, 0.1) is 6.92 Å². The van der Waals surface area contributed by atoms with Gasteiger partial charge in [0.1, 0.15) is 0 Å². The Morgan fingerprint density at radius 1 is 1.19 bits per heavy atom. The lowest BCUT2D eigenvalue weighted by Crippen LogP contribution is -2.40. The highest BCUT2D eigenvalue weighted by molar-refractivity contribution is 7.99. The van der Waals surface area contributed by atoms with Crippen LogP contribution in [0.1, 0.15) is 25.3 Å². The molecule has 2 aromatic carbocycles. The number of nitrogens with zero attached hydrogens (tertiary/aromatic N) is 2. The Bertz CT molecular complexity index is 1180. The summed E-state index contributed by atoms with van der Waals surface area (Å²) < 4.78 is 1.47. The number of halogens is 1. The number of amides is 3. The Morgan fingerprint density at radius 3 is 2.74 bits per heavy atom. The number of hydrogen-bond acceptors (Lipinski definition) is 5. The number of carbonyl (C=O) groups is 2. The highest BCUT2D eigenvalue weighted by Crippen LogP contribution is 2.23. The van der Waals surface area contributed by atoms with Crippen LogP contribution in [0.2, 0.25) is 5.02 Å². The van der Waals surface area contributed by atoms with Crippen molar-refractivity contribution in [2.75, 3.05) is 12.3 Å². The number of hydrogen-bond donors (Lipinski definition) is 2. The number of aryl methyl sites for hydroxylation is 1. The van der Waals surface area contributed by atoms with Crippen molar-refractivity contribution >= 4 is 46.2 Å². The molecule has 3 aromatic rings. The van der Waals surface area contributed by atoms with E-state index in [4.69, 9.17) is 11.6 Å². The summed E-state index contributed by atoms with van der Waals surface area (Å²) >= 11 is 7.15. The topological polar surface area (TPSA) is 93.1 Å². The highest BCUT2D eigenvalue weighted by Gasteiger charge is 2.16. The molecular formula is C22H23ClN4O3S. The lowest BCUT2D eigenvalue weighted by molar-refractivity contribution is -0.117. The number of nitrogens with one attached hydrogen (secondary N) is 2. The number of urea groups is 1. The van der Waals surface area contributed by atoms with Gasteiger partial charge in [-0.2, -0.15) is 0 Å². The summed E-state index contributed by atoms with van der Waals surface area (Å²) in [6.07, 6.45) is 1.78. The van der Waals surface area contributed by atoms with Crippen molar-refractivity contribution in [2.24, 2.45) is 0 Å². The van der Waals surface area contributed by atoms with Gasteiger partial charge in [0.2, 0.25) is 5.91 Å². The number of thioether (sulfide) groups is 1. The average molecular weight is 459 g/mol. The third-order valence-electron chi connectivity index (χ3n) is 4.46. The van der Waals surface area contributed by atoms with E-state index >= 15 is 0 Å². The lowest BCUT2D eigenvalue weighted by Gasteiger charge is -2.14. The molecule has 0 aliphatic carbocycles. The van der Waals surface area contributed by atoms with Gasteiger partial charge in [0.25, 0.3) is 5.56 Å². The fraction of sp³-hybridized carbons (Fsp3) is 0.273. The molecule has 0 aliphatic rings. The number of fused-ring (bicyclic) bond motifs is 1. The minimum Gasteiger partial charge on any atom is -0.338 e. The van der Waals surface area contributed by atoms with Gasteiger partial charge < -0.3 is 5.32 Å². The Hall–Kier alpha value is -2.84. The molecule has 31 heavy (non-hydrogen) atoms. The van der Waals surface area contributed by atoms with Gasteiger partial charge in [0.05, 0.1) is 22.3 Å². The maximum absolute atomic E-state index is 13.2. The Balaban J connectivity index is 1.89. The molecule has 0 saturated heterocycles. The maximum Gasteiger partial charge on any atom is 0.321 e. The van der Waals surface area contributed by atoms with Gasteiger partial charge >= 0.3 is 6.03 Å². The molecule has 0 unspecified atom stereocenters. The van der Waals surface area contributed by atoms with Crippen molar-refractivity contribution in [3.05, 3.63) is 63.4 Å². The van der Waals surface area contributed by atoms with Crippen molar-refractivity contribution in [1.82, 2.24) is 20.2 Å². The molecular weight excluding hydrogens is 436 g/mol. The number of benzene rings is 2. The van der Waals surface area contributed by atoms with E-state index in [0.717, 1.165) is 30.2 Å². The largest absolute Gasteiger partial charge is 0.338 e. The minimum absolute atomic E-state index is 0.0779. The maximum atomic E-state index is 13.2. The zero-order valence-corrected chi connectivity index (χ0v) is 18.8. The van der Waals surface area contributed by atoms with E-state index in [1.807, 2.05) is 38.1 Å². The van der Waals surface area contributed by atoms with E-state index in [9.17, 15) is 14.4 Å². The summed E-state index contributed by atoms with van der Waals surface area (Å²) in [6, 6.07) is 11.8. The van der Waals surface area contributed by atoms with Crippen LogP contribution in [0.25, 0.3) is 16.6 Å². The number of aromatic nitrogens is 2. The quantitative estimate of drug-likeness (QED) is 0.316. The van der Waals surface area contributed by atoms with Crippen LogP contribution in [0.15, 0.2) is 52.4 Å². The van der Waals surface area contributed by atoms with E-state index in [0.29, 0.717) is 33.3 Å². The second-order valence-corrected chi connectivity index (χ2v) is 8.36. The van der Waals surface area contributed by atoms with Crippen LogP contribution >= 0.6 is 23.4 Å². The molecule has 7 nitrogen and oxygen atoms in total. The van der Waals surface area contributed by atoms with Crippen molar-refractivity contribution in [1.29, 1.82) is 0 Å². The standard InChI is InChI=1S/C22H23ClN4O3S/c1-3-4-10-24-21(30)26-19(28)13-31-22-25-18-12-15(23)8-9-17(18)20(29)27(22)16-7-5-6-14(2)11-16/h5-9,11-12H,3-4,10,13H2,1-2H3,(H2,24,26,28,30). The summed E-state index contributed by atoms with van der Waals surface area (Å²) in [5.41, 5.74) is 1.82. The molecule has 3 amide bonds. The second-order valence-electron chi connectivity index (χ2n) is 6.98. The van der Waals surface area contributed by atoms with E-state index < -0.39 is 11.9 Å². The van der Waals surface area contributed by atoms with E-state index in [1.54, 1.807) is 18.2 Å². The van der Waals surface area contributed by atoms with Gasteiger partial charge in [-0.3, -0.25) is 19.5 Å². The van der Waals surface area contributed by atoms with Crippen LogP contribution in [0.4, 0.5) is 4.79 Å². The number of rotatable bonds is 7. The fourth-order valence-corrected chi connectivity index (χ4v) is 3.92. The Morgan fingerprint density at radius 2 is 2.00 bits per heavy atom. The number of imide groups is 1. The van der Waals surface area contributed by atoms with E-state index in [-0.39, 0.29) is 11.3 Å². The molecule has 2 N–H and O–H groups in total. The van der Waals surface area contributed by atoms with Gasteiger partial charge in [-0.1, -0.05) is 48.8 Å². The molecule has 0 radical (unpaired) electrons. The van der Waals surface area contributed by atoms with Crippen molar-refractivity contribution in [2.45, 2.75) is 31.8 Å². The summed E-state index contributed by atoms with van der Waals surface area (Å²) in [4.78, 5) is 41.8. The molecule has 0 bridgehead atoms. The van der Waals surface area contributed by atoms with Crippen molar-refractivity contribution in [3.8, 4) is 5.69 Å². The average Bonchev–Trinajstić information content (AvgIpc) is 2.72. The molecule has 0 fully saturated rings. The first-order valence-corrected chi connectivity index (χ1v) is 11.2. The fourth-order valence-electron chi connectivity index (χ4n) is 2.95. The molecule has 0 atom stereocenters. The summed E-state index contributed by atoms with van der Waals surface area (Å²) in [5.74, 6) is -0.554. The molecule has 162 valence electrons. The van der Waals surface area contributed by atoms with Crippen molar-refractivity contribution in [3.63, 3.8) is 0 Å². The van der Waals surface area contributed by atoms with Gasteiger partial charge in [-0.25, -0.2) is 9.78 Å². The van der Waals surface area contributed by atoms with Gasteiger partial charge in [0.15, 0.2) is 5.16 Å². The van der Waals surface area contributed by atoms with Crippen LogP contribution in [0.5, 0.6) is 0 Å². The molecule has 1 aromatic heterocycles. The van der Waals surface area contributed by atoms with Crippen molar-refractivity contribution < 1.29 is 9.59 Å². The predicted molar refractivity (Wildman–Crippen MR) is 124 cm³/mol. The minimum atomic E-state index is -0.534. The number of unbranched alkanes of at least 4 members (excludes halogenated alkanes) is 1. The zero-order chi connectivity index (χ0) is 22.4. The van der Waals surface area contributed by atoms with Crippen LogP contribution < -0.4 is 16.2 Å². The Kier molecular flexibility index (Phi) is 7.70. The molecule has 0 spiro atoms. The second kappa shape index (κ2) is 10.5. The summed E-state index contributed by atoms with van der Waals surface area (Å²) in [7, 11) is 0. The SMILES string of the molecule is CCCCNC(=O)NC(=O)CSc1nc2cc(Cl)ccc2c(=O)n1-c1cccc(C)c1. The first-order valence-electron chi connectivity index (χ1n) is 9.89. The first-order chi connectivity index (χ1) is 14.9. The normalized spacial score (nSPS) is 10.8. The summed E-state index contributed by atoms with van der Waals surface area (Å²) in [6.45, 7) is 4.45. The Labute approximate surface area is 189 Å². The lowest BCUT2D eigenvalue weighted by atomic mass is 10.2. The first kappa shape index (κ1) is 22.8. The predicted octanol–water partition coefficient (Wildman–Crippen LogP) is 4.07. The van der Waals surface area contributed by atoms with Gasteiger partial charge in [-0.05, 0) is 49.2 Å². The molecule has 0 aliphatic heterocycles. The number of carbonyl (C=O) groups excluding carboxylic acids is 2. The third-order valence-corrected chi connectivity index (χ3v) is 5.64. The molecule has 0 saturated carbocycles. The zero-order valence-electron chi connectivity index (χ0n) is 17.3. The monoisotopic (exact) mass is 458 g/mol. The smallest absolute Gasteiger partial charge is 0.321 e. The van der Waals surface area contributed by atoms with E-state index in [1.165, 1.54) is 4.57 Å². The summed E-state index contributed by atoms with van der Waals surface area (Å²) in [5, 5.41) is 6.15. The molecule has 3 rings (SSSR count). The van der Waals surface area contributed by atoms with Crippen LogP contribution in [-0.4, -0.2) is 33.8 Å².